The molecule has 0 unspecified atom stereocenters. The lowest BCUT2D eigenvalue weighted by Gasteiger charge is -2.18. The van der Waals surface area contributed by atoms with Crippen LogP contribution in [-0.2, 0) is 6.54 Å². The molecule has 1 aromatic rings. The lowest BCUT2D eigenvalue weighted by atomic mass is 10.7. The Morgan fingerprint density at radius 2 is 2.09 bits per heavy atom. The summed E-state index contributed by atoms with van der Waals surface area (Å²) < 4.78 is 27.2. The van der Waals surface area contributed by atoms with Gasteiger partial charge in [0.05, 0.1) is 23.2 Å². The monoisotopic (exact) mass is 178 g/mol. The number of nitrogens with zero attached hydrogens (tertiary/aromatic N) is 2. The maximum Gasteiger partial charge on any atom is 0.0828 e. The van der Waals surface area contributed by atoms with E-state index in [2.05, 4.69) is 5.10 Å². The zero-order valence-corrected chi connectivity index (χ0v) is 6.61. The van der Waals surface area contributed by atoms with Crippen LogP contribution in [0.15, 0.2) is 18.5 Å². The van der Waals surface area contributed by atoms with Crippen molar-refractivity contribution in [1.82, 2.24) is 9.78 Å². The minimum absolute atomic E-state index is 0.0747. The molecule has 64 valence electrons. The third-order valence-electron chi connectivity index (χ3n) is 1.15. The highest BCUT2D eigenvalue weighted by molar-refractivity contribution is 8.19. The van der Waals surface area contributed by atoms with Crippen LogP contribution in [0.2, 0.25) is 0 Å². The number of rotatable bonds is 3. The van der Waals surface area contributed by atoms with E-state index in [1.54, 1.807) is 18.5 Å². The maximum absolute atomic E-state index is 8.57. The van der Waals surface area contributed by atoms with Gasteiger partial charge in [0.15, 0.2) is 0 Å². The Bertz CT molecular complexity index is 206. The fourth-order valence-corrected chi connectivity index (χ4v) is 1.08. The van der Waals surface area contributed by atoms with E-state index in [-0.39, 0.29) is 5.75 Å². The number of aryl methyl sites for hydroxylation is 1. The Kier molecular flexibility index (Phi) is 2.50. The van der Waals surface area contributed by atoms with Gasteiger partial charge in [-0.05, 0) is 6.07 Å². The van der Waals surface area contributed by atoms with Gasteiger partial charge in [0.1, 0.15) is 0 Å². The summed E-state index contributed by atoms with van der Waals surface area (Å²) in [5.41, 5.74) is 0. The molecule has 0 radical (unpaired) electrons. The topological polar surface area (TPSA) is 78.5 Å². The second kappa shape index (κ2) is 3.22. The van der Waals surface area contributed by atoms with Crippen LogP contribution >= 0.6 is 10.9 Å². The molecule has 5 nitrogen and oxygen atoms in total. The summed E-state index contributed by atoms with van der Waals surface area (Å²) >= 11 is 0. The first kappa shape index (κ1) is 8.54. The second-order valence-corrected chi connectivity index (χ2v) is 3.78. The summed E-state index contributed by atoms with van der Waals surface area (Å²) in [6.07, 6.45) is 3.27. The Hall–Kier alpha value is -0.560. The van der Waals surface area contributed by atoms with Crippen LogP contribution in [0.4, 0.5) is 0 Å². The molecule has 0 saturated heterocycles. The van der Waals surface area contributed by atoms with Crippen molar-refractivity contribution >= 4 is 10.9 Å². The van der Waals surface area contributed by atoms with Crippen molar-refractivity contribution in [2.45, 2.75) is 6.54 Å². The standard InChI is InChI=1S/C5H10N2O3S/c8-11(9,10)5-4-7-3-1-2-6-7/h1-3,8-10H,4-5H2. The van der Waals surface area contributed by atoms with Gasteiger partial charge in [0, 0.05) is 12.4 Å². The van der Waals surface area contributed by atoms with Gasteiger partial charge < -0.3 is 13.7 Å². The van der Waals surface area contributed by atoms with E-state index in [1.807, 2.05) is 0 Å². The van der Waals surface area contributed by atoms with Crippen molar-refractivity contribution in [3.8, 4) is 0 Å². The lowest BCUT2D eigenvalue weighted by molar-refractivity contribution is 0.371. The van der Waals surface area contributed by atoms with Crippen molar-refractivity contribution in [2.75, 3.05) is 5.75 Å². The summed E-state index contributed by atoms with van der Waals surface area (Å²) in [5.74, 6) is -0.0747. The van der Waals surface area contributed by atoms with E-state index < -0.39 is 10.9 Å². The van der Waals surface area contributed by atoms with Crippen LogP contribution in [0, 0.1) is 0 Å². The Morgan fingerprint density at radius 1 is 1.36 bits per heavy atom. The van der Waals surface area contributed by atoms with Crippen molar-refractivity contribution in [3.05, 3.63) is 18.5 Å². The first-order valence-corrected chi connectivity index (χ1v) is 4.71. The molecule has 0 fully saturated rings. The molecular weight excluding hydrogens is 168 g/mol. The summed E-state index contributed by atoms with van der Waals surface area (Å²) in [4.78, 5) is 0. The van der Waals surface area contributed by atoms with Crippen LogP contribution in [0.1, 0.15) is 0 Å². The fraction of sp³-hybridized carbons (Fsp3) is 0.400. The average Bonchev–Trinajstić information content (AvgIpc) is 2.32. The van der Waals surface area contributed by atoms with Crippen molar-refractivity contribution in [3.63, 3.8) is 0 Å². The molecule has 3 N–H and O–H groups in total. The molecule has 0 aliphatic rings. The highest BCUT2D eigenvalue weighted by atomic mass is 32.3. The third-order valence-corrected chi connectivity index (χ3v) is 1.88. The highest BCUT2D eigenvalue weighted by Gasteiger charge is 2.10. The molecule has 0 amide bonds. The Morgan fingerprint density at radius 3 is 2.55 bits per heavy atom. The van der Waals surface area contributed by atoms with E-state index in [0.29, 0.717) is 6.54 Å². The lowest BCUT2D eigenvalue weighted by Crippen LogP contribution is -2.09. The van der Waals surface area contributed by atoms with Gasteiger partial charge >= 0.3 is 0 Å². The SMILES string of the molecule is OS(O)(O)CCn1cccn1. The molecule has 0 bridgehead atoms. The van der Waals surface area contributed by atoms with E-state index in [4.69, 9.17) is 13.7 Å². The fourth-order valence-electron chi connectivity index (χ4n) is 0.649. The molecule has 1 heterocycles. The number of hydrogen-bond donors (Lipinski definition) is 3. The molecule has 0 aromatic carbocycles. The van der Waals surface area contributed by atoms with Crippen LogP contribution in [-0.4, -0.2) is 29.2 Å². The number of aromatic nitrogens is 2. The van der Waals surface area contributed by atoms with Gasteiger partial charge in [-0.15, -0.1) is 0 Å². The van der Waals surface area contributed by atoms with E-state index in [1.165, 1.54) is 4.68 Å². The van der Waals surface area contributed by atoms with Gasteiger partial charge in [0.2, 0.25) is 0 Å². The Labute approximate surface area is 65.8 Å². The number of hydrogen-bond acceptors (Lipinski definition) is 4. The minimum Gasteiger partial charge on any atom is -0.308 e. The molecule has 0 aliphatic carbocycles. The first-order valence-electron chi connectivity index (χ1n) is 3.04. The normalized spacial score (nSPS) is 13.4. The van der Waals surface area contributed by atoms with Crippen LogP contribution in [0.5, 0.6) is 0 Å². The zero-order chi connectivity index (χ0) is 8.32. The molecule has 0 aliphatic heterocycles. The molecule has 1 aromatic heterocycles. The first-order chi connectivity index (χ1) is 5.08. The Balaban J connectivity index is 2.35. The molecule has 1 rings (SSSR count). The second-order valence-electron chi connectivity index (χ2n) is 2.11. The van der Waals surface area contributed by atoms with Gasteiger partial charge in [-0.2, -0.15) is 5.10 Å². The summed E-state index contributed by atoms with van der Waals surface area (Å²) in [6, 6.07) is 1.73. The quantitative estimate of drug-likeness (QED) is 0.647. The van der Waals surface area contributed by atoms with Crippen LogP contribution in [0.25, 0.3) is 0 Å². The summed E-state index contributed by atoms with van der Waals surface area (Å²) in [5, 5.41) is 3.82. The van der Waals surface area contributed by atoms with Crippen LogP contribution < -0.4 is 0 Å². The van der Waals surface area contributed by atoms with Gasteiger partial charge in [-0.1, -0.05) is 0 Å². The molecule has 6 heteroatoms. The largest absolute Gasteiger partial charge is 0.308 e. The van der Waals surface area contributed by atoms with Gasteiger partial charge in [-0.3, -0.25) is 4.68 Å². The summed E-state index contributed by atoms with van der Waals surface area (Å²) in [7, 11) is -3.36. The highest BCUT2D eigenvalue weighted by Crippen LogP contribution is 2.31. The molecule has 0 atom stereocenters. The molecule has 0 saturated carbocycles. The smallest absolute Gasteiger partial charge is 0.0828 e. The average molecular weight is 178 g/mol. The van der Waals surface area contributed by atoms with Crippen molar-refractivity contribution in [1.29, 1.82) is 0 Å². The zero-order valence-electron chi connectivity index (χ0n) is 5.79. The van der Waals surface area contributed by atoms with E-state index in [0.717, 1.165) is 0 Å². The molecule has 11 heavy (non-hydrogen) atoms. The predicted octanol–water partition coefficient (Wildman–Crippen LogP) is 1.11. The van der Waals surface area contributed by atoms with Crippen molar-refractivity contribution < 1.29 is 13.7 Å². The molecule has 0 spiro atoms. The van der Waals surface area contributed by atoms with E-state index >= 15 is 0 Å². The van der Waals surface area contributed by atoms with Gasteiger partial charge in [-0.25, -0.2) is 0 Å². The molecular formula is C5H10N2O3S. The maximum atomic E-state index is 8.57. The van der Waals surface area contributed by atoms with Crippen molar-refractivity contribution in [2.24, 2.45) is 0 Å². The van der Waals surface area contributed by atoms with Gasteiger partial charge in [0.25, 0.3) is 0 Å². The van der Waals surface area contributed by atoms with Crippen LogP contribution in [0.3, 0.4) is 0 Å². The summed E-state index contributed by atoms with van der Waals surface area (Å²) in [6.45, 7) is 0.311. The minimum atomic E-state index is -3.36. The van der Waals surface area contributed by atoms with E-state index in [9.17, 15) is 0 Å². The third kappa shape index (κ3) is 3.38. The predicted molar refractivity (Wildman–Crippen MR) is 42.6 cm³/mol.